The molecule has 0 amide bonds. The van der Waals surface area contributed by atoms with Crippen LogP contribution in [0.5, 0.6) is 0 Å². The number of hydrogen-bond acceptors (Lipinski definition) is 6. The lowest BCUT2D eigenvalue weighted by Crippen LogP contribution is -2.57. The molecule has 0 unspecified atom stereocenters. The van der Waals surface area contributed by atoms with E-state index >= 15 is 0 Å². The van der Waals surface area contributed by atoms with Crippen molar-refractivity contribution in [2.24, 2.45) is 28.6 Å². The number of fused-ring (bicyclic) bond motifs is 3. The lowest BCUT2D eigenvalue weighted by Gasteiger charge is -2.49. The molecule has 0 aromatic heterocycles. The smallest absolute Gasteiger partial charge is 0.314 e. The number of carbonyl (C=O) groups excluding carboxylic acids is 2. The monoisotopic (exact) mass is 618 g/mol. The third-order valence-electron chi connectivity index (χ3n) is 12.6. The van der Waals surface area contributed by atoms with Gasteiger partial charge in [0.2, 0.25) is 0 Å². The van der Waals surface area contributed by atoms with Gasteiger partial charge in [-0.15, -0.1) is 0 Å². The van der Waals surface area contributed by atoms with Gasteiger partial charge < -0.3 is 18.3 Å². The Balaban J connectivity index is 1.87. The maximum Gasteiger partial charge on any atom is 0.314 e. The van der Waals surface area contributed by atoms with Crippen molar-refractivity contribution in [1.82, 2.24) is 0 Å². The first-order chi connectivity index (χ1) is 19.0. The van der Waals surface area contributed by atoms with E-state index in [1.54, 1.807) is 0 Å². The summed E-state index contributed by atoms with van der Waals surface area (Å²) in [7, 11) is -2.93. The molecule has 42 heavy (non-hydrogen) atoms. The summed E-state index contributed by atoms with van der Waals surface area (Å²) in [6.45, 7) is 31.3. The van der Waals surface area contributed by atoms with E-state index in [0.29, 0.717) is 19.4 Å². The van der Waals surface area contributed by atoms with E-state index in [1.807, 2.05) is 13.8 Å². The first-order valence-electron chi connectivity index (χ1n) is 16.1. The molecular formula is C34H58O6Si2. The molecule has 7 atom stereocenters. The predicted octanol–water partition coefficient (Wildman–Crippen LogP) is 8.20. The van der Waals surface area contributed by atoms with Gasteiger partial charge in [-0.05, 0) is 99.1 Å². The van der Waals surface area contributed by atoms with E-state index in [2.05, 4.69) is 80.4 Å². The molecule has 4 aliphatic rings. The molecule has 0 aromatic carbocycles. The van der Waals surface area contributed by atoms with E-state index < -0.39 is 39.0 Å². The largest absolute Gasteiger partial charge is 0.469 e. The molecule has 238 valence electrons. The van der Waals surface area contributed by atoms with Gasteiger partial charge in [0.15, 0.2) is 16.6 Å². The molecule has 2 bridgehead atoms. The number of allylic oxidation sites excluding steroid dienone is 1. The van der Waals surface area contributed by atoms with Crippen LogP contribution in [0.4, 0.5) is 0 Å². The summed E-state index contributed by atoms with van der Waals surface area (Å²) in [5.74, 6) is -1.19. The fraction of sp³-hybridized carbons (Fsp3) is 0.824. The molecule has 3 fully saturated rings. The van der Waals surface area contributed by atoms with Gasteiger partial charge in [0.1, 0.15) is 0 Å². The van der Waals surface area contributed by atoms with E-state index in [4.69, 9.17) is 18.3 Å². The fourth-order valence-electron chi connectivity index (χ4n) is 8.37. The average Bonchev–Trinajstić information content (AvgIpc) is 3.24. The van der Waals surface area contributed by atoms with Gasteiger partial charge in [-0.25, -0.2) is 0 Å². The summed E-state index contributed by atoms with van der Waals surface area (Å²) in [6, 6.07) is 0. The molecule has 0 aromatic rings. The number of ether oxygens (including phenoxy) is 2. The molecule has 4 aliphatic carbocycles. The SMILES string of the molecule is C=C1C[C@]23C[C@@]1(O[Si](C)(C)C(C)(C)C)CC[C@H]2C1=CC[C@H](O[Si](C)(C)C(C)(C)C)[C@@](C)(C(=O)OC)[C@H]1[C@@H]3C(=O)OCC. The highest BCUT2D eigenvalue weighted by molar-refractivity contribution is 6.74. The van der Waals surface area contributed by atoms with Crippen molar-refractivity contribution < 1.29 is 27.9 Å². The Bertz CT molecular complexity index is 1160. The predicted molar refractivity (Wildman–Crippen MR) is 173 cm³/mol. The van der Waals surface area contributed by atoms with Crippen molar-refractivity contribution in [2.45, 2.75) is 135 Å². The summed E-state index contributed by atoms with van der Waals surface area (Å²) in [6.07, 6.45) is 5.85. The van der Waals surface area contributed by atoms with Crippen molar-refractivity contribution in [3.05, 3.63) is 23.8 Å². The molecular weight excluding hydrogens is 561 g/mol. The van der Waals surface area contributed by atoms with Gasteiger partial charge in [-0.1, -0.05) is 59.8 Å². The molecule has 1 spiro atoms. The third-order valence-corrected chi connectivity index (χ3v) is 21.6. The molecule has 0 radical (unpaired) electrons. The second-order valence-corrected chi connectivity index (χ2v) is 26.4. The summed E-state index contributed by atoms with van der Waals surface area (Å²) >= 11 is 0. The van der Waals surface area contributed by atoms with Gasteiger partial charge in [0.25, 0.3) is 0 Å². The molecule has 0 saturated heterocycles. The van der Waals surface area contributed by atoms with Crippen molar-refractivity contribution >= 4 is 28.6 Å². The van der Waals surface area contributed by atoms with Crippen LogP contribution in [0, 0.1) is 28.6 Å². The van der Waals surface area contributed by atoms with Gasteiger partial charge in [0.05, 0.1) is 36.8 Å². The summed E-state index contributed by atoms with van der Waals surface area (Å²) in [5.41, 5.74) is 0.465. The van der Waals surface area contributed by atoms with Gasteiger partial charge in [-0.2, -0.15) is 0 Å². The van der Waals surface area contributed by atoms with Gasteiger partial charge >= 0.3 is 11.9 Å². The molecule has 8 heteroatoms. The Morgan fingerprint density at radius 2 is 1.64 bits per heavy atom. The first-order valence-corrected chi connectivity index (χ1v) is 21.9. The lowest BCUT2D eigenvalue weighted by atomic mass is 9.60. The van der Waals surface area contributed by atoms with Crippen molar-refractivity contribution in [3.63, 3.8) is 0 Å². The molecule has 6 nitrogen and oxygen atoms in total. The molecule has 3 saturated carbocycles. The van der Waals surface area contributed by atoms with E-state index in [9.17, 15) is 9.59 Å². The zero-order valence-electron chi connectivity index (χ0n) is 28.8. The minimum atomic E-state index is -2.26. The fourth-order valence-corrected chi connectivity index (χ4v) is 11.4. The van der Waals surface area contributed by atoms with Crippen LogP contribution in [0.1, 0.15) is 87.5 Å². The Kier molecular flexibility index (Phi) is 8.35. The maximum absolute atomic E-state index is 14.2. The first kappa shape index (κ1) is 33.7. The van der Waals surface area contributed by atoms with E-state index in [1.165, 1.54) is 12.7 Å². The van der Waals surface area contributed by atoms with E-state index in [0.717, 1.165) is 24.8 Å². The molecule has 0 heterocycles. The topological polar surface area (TPSA) is 71.1 Å². The standard InChI is InChI=1S/C34H58O6Si2/c1-15-38-28(35)27-26-23(16-17-25(32(26,9)29(36)37-10)39-41(11,12)30(3,4)5)24-18-19-34(21-33(24,27)20-22(34)2)40-42(13,14)31(6,7)8/h16,24-27H,2,15,17-21H2,1,3-14H3/t24-,25-,26+,27+,32+,33-,34-/m0/s1. The van der Waals surface area contributed by atoms with E-state index in [-0.39, 0.29) is 40.0 Å². The van der Waals surface area contributed by atoms with Crippen LogP contribution in [0.2, 0.25) is 36.3 Å². The zero-order chi connectivity index (χ0) is 31.9. The molecule has 4 rings (SSSR count). The third kappa shape index (κ3) is 4.85. The number of methoxy groups -OCH3 is 1. The normalized spacial score (nSPS) is 36.7. The van der Waals surface area contributed by atoms with Crippen LogP contribution in [-0.4, -0.2) is 54.0 Å². The Morgan fingerprint density at radius 3 is 2.17 bits per heavy atom. The van der Waals surface area contributed by atoms with Crippen LogP contribution >= 0.6 is 0 Å². The highest BCUT2D eigenvalue weighted by Gasteiger charge is 2.74. The summed E-state index contributed by atoms with van der Waals surface area (Å²) in [5, 5.41) is 0.0277. The Labute approximate surface area is 257 Å². The average molecular weight is 619 g/mol. The van der Waals surface area contributed by atoms with Crippen LogP contribution < -0.4 is 0 Å². The number of rotatable bonds is 7. The Morgan fingerprint density at radius 1 is 1.05 bits per heavy atom. The second kappa shape index (κ2) is 10.4. The second-order valence-electron chi connectivity index (χ2n) is 16.9. The van der Waals surface area contributed by atoms with Crippen molar-refractivity contribution in [2.75, 3.05) is 13.7 Å². The summed E-state index contributed by atoms with van der Waals surface area (Å²) in [4.78, 5) is 28.3. The highest BCUT2D eigenvalue weighted by Crippen LogP contribution is 2.74. The number of carbonyl (C=O) groups is 2. The number of hydrogen-bond donors (Lipinski definition) is 0. The van der Waals surface area contributed by atoms with Crippen molar-refractivity contribution in [3.8, 4) is 0 Å². The van der Waals surface area contributed by atoms with Crippen LogP contribution in [0.3, 0.4) is 0 Å². The quantitative estimate of drug-likeness (QED) is 0.163. The van der Waals surface area contributed by atoms with Crippen molar-refractivity contribution in [1.29, 1.82) is 0 Å². The van der Waals surface area contributed by atoms with Crippen LogP contribution in [0.15, 0.2) is 23.8 Å². The maximum atomic E-state index is 14.2. The lowest BCUT2D eigenvalue weighted by molar-refractivity contribution is -0.171. The molecule has 0 N–H and O–H groups in total. The minimum Gasteiger partial charge on any atom is -0.469 e. The zero-order valence-corrected chi connectivity index (χ0v) is 30.8. The van der Waals surface area contributed by atoms with Crippen LogP contribution in [-0.2, 0) is 27.9 Å². The van der Waals surface area contributed by atoms with Gasteiger partial charge in [-0.3, -0.25) is 9.59 Å². The number of esters is 2. The minimum absolute atomic E-state index is 0.0270. The Hall–Kier alpha value is -1.23. The summed E-state index contributed by atoms with van der Waals surface area (Å²) < 4.78 is 25.8. The van der Waals surface area contributed by atoms with Crippen LogP contribution in [0.25, 0.3) is 0 Å². The highest BCUT2D eigenvalue weighted by atomic mass is 28.4. The van der Waals surface area contributed by atoms with Gasteiger partial charge in [0, 0.05) is 5.92 Å². The molecule has 0 aliphatic heterocycles.